The summed E-state index contributed by atoms with van der Waals surface area (Å²) in [6.07, 6.45) is 0. The lowest BCUT2D eigenvalue weighted by Gasteiger charge is -2.16. The van der Waals surface area contributed by atoms with E-state index in [1.165, 1.54) is 5.56 Å². The van der Waals surface area contributed by atoms with Crippen molar-refractivity contribution in [2.24, 2.45) is 0 Å². The summed E-state index contributed by atoms with van der Waals surface area (Å²) in [6.45, 7) is 3.97. The molecule has 0 aromatic heterocycles. The fourth-order valence-corrected chi connectivity index (χ4v) is 2.79. The maximum Gasteiger partial charge on any atom is 0.236 e. The van der Waals surface area contributed by atoms with E-state index in [1.807, 2.05) is 39.1 Å². The normalized spacial score (nSPS) is 16.6. The minimum Gasteiger partial charge on any atom is -0.314 e. The van der Waals surface area contributed by atoms with Crippen LogP contribution in [0.5, 0.6) is 0 Å². The zero-order valence-electron chi connectivity index (χ0n) is 11.5. The molecule has 3 rings (SSSR count). The number of hydrogen-bond acceptors (Lipinski definition) is 1. The molecule has 1 aliphatic heterocycles. The van der Waals surface area contributed by atoms with Gasteiger partial charge >= 0.3 is 0 Å². The molecule has 0 radical (unpaired) electrons. The second-order valence-corrected chi connectivity index (χ2v) is 5.59. The number of hydrogen-bond donors (Lipinski definition) is 0. The number of likely N-dealkylation sites (N-methyl/N-ethyl adjacent to an activating group) is 1. The Labute approximate surface area is 113 Å². The molecule has 0 aliphatic carbocycles. The molecular formula is C17H17NO. The molecule has 0 unspecified atom stereocenters. The molecule has 2 aromatic rings. The molecule has 0 saturated carbocycles. The average Bonchev–Trinajstić information content (AvgIpc) is 2.61. The molecule has 1 aliphatic rings. The Morgan fingerprint density at radius 2 is 1.63 bits per heavy atom. The molecule has 1 heterocycles. The van der Waals surface area contributed by atoms with Crippen LogP contribution in [0.2, 0.25) is 0 Å². The topological polar surface area (TPSA) is 20.3 Å². The van der Waals surface area contributed by atoms with Gasteiger partial charge in [0.25, 0.3) is 0 Å². The molecule has 2 aromatic carbocycles. The van der Waals surface area contributed by atoms with Gasteiger partial charge in [-0.25, -0.2) is 0 Å². The van der Waals surface area contributed by atoms with Gasteiger partial charge in [-0.2, -0.15) is 0 Å². The maximum atomic E-state index is 12.3. The summed E-state index contributed by atoms with van der Waals surface area (Å²) in [5.41, 5.74) is 4.04. The molecule has 0 N–H and O–H groups in total. The van der Waals surface area contributed by atoms with Crippen molar-refractivity contribution in [3.63, 3.8) is 0 Å². The van der Waals surface area contributed by atoms with Crippen molar-refractivity contribution in [3.05, 3.63) is 54.1 Å². The second-order valence-electron chi connectivity index (χ2n) is 5.59. The number of carbonyl (C=O) groups is 1. The number of anilines is 1. The van der Waals surface area contributed by atoms with E-state index in [4.69, 9.17) is 0 Å². The number of rotatable bonds is 1. The van der Waals surface area contributed by atoms with Crippen LogP contribution in [-0.2, 0) is 10.2 Å². The van der Waals surface area contributed by atoms with Gasteiger partial charge in [-0.3, -0.25) is 4.79 Å². The summed E-state index contributed by atoms with van der Waals surface area (Å²) in [6, 6.07) is 16.5. The van der Waals surface area contributed by atoms with E-state index >= 15 is 0 Å². The Hall–Kier alpha value is -2.09. The number of benzene rings is 2. The maximum absolute atomic E-state index is 12.3. The average molecular weight is 251 g/mol. The van der Waals surface area contributed by atoms with Crippen molar-refractivity contribution in [3.8, 4) is 11.1 Å². The van der Waals surface area contributed by atoms with E-state index < -0.39 is 5.41 Å². The van der Waals surface area contributed by atoms with E-state index in [0.717, 1.165) is 16.8 Å². The third-order valence-electron chi connectivity index (χ3n) is 3.98. The molecule has 2 heteroatoms. The van der Waals surface area contributed by atoms with Gasteiger partial charge in [-0.1, -0.05) is 42.5 Å². The molecule has 19 heavy (non-hydrogen) atoms. The van der Waals surface area contributed by atoms with Crippen LogP contribution in [0.4, 0.5) is 5.69 Å². The van der Waals surface area contributed by atoms with Crippen molar-refractivity contribution in [1.82, 2.24) is 0 Å². The van der Waals surface area contributed by atoms with E-state index in [0.29, 0.717) is 0 Å². The van der Waals surface area contributed by atoms with Crippen LogP contribution in [0.15, 0.2) is 48.5 Å². The SMILES string of the molecule is CN1C(=O)C(C)(C)c2ccc(-c3ccccc3)cc21. The zero-order chi connectivity index (χ0) is 13.6. The third-order valence-corrected chi connectivity index (χ3v) is 3.98. The van der Waals surface area contributed by atoms with Gasteiger partial charge in [-0.15, -0.1) is 0 Å². The highest BCUT2D eigenvalue weighted by molar-refractivity contribution is 6.07. The standard InChI is InChI=1S/C17H17NO/c1-17(2)14-10-9-13(12-7-5-4-6-8-12)11-15(14)18(3)16(17)19/h4-11H,1-3H3. The highest BCUT2D eigenvalue weighted by atomic mass is 16.2. The third kappa shape index (κ3) is 1.67. The Bertz CT molecular complexity index is 644. The first kappa shape index (κ1) is 12.0. The smallest absolute Gasteiger partial charge is 0.236 e. The highest BCUT2D eigenvalue weighted by Gasteiger charge is 2.42. The van der Waals surface area contributed by atoms with E-state index in [9.17, 15) is 4.79 Å². The predicted molar refractivity (Wildman–Crippen MR) is 78.3 cm³/mol. The van der Waals surface area contributed by atoms with Gasteiger partial charge in [0.15, 0.2) is 0 Å². The summed E-state index contributed by atoms with van der Waals surface area (Å²) < 4.78 is 0. The van der Waals surface area contributed by atoms with Gasteiger partial charge in [0.1, 0.15) is 0 Å². The molecule has 0 fully saturated rings. The first-order valence-electron chi connectivity index (χ1n) is 6.50. The van der Waals surface area contributed by atoms with Crippen molar-refractivity contribution in [2.75, 3.05) is 11.9 Å². The number of nitrogens with zero attached hydrogens (tertiary/aromatic N) is 1. The van der Waals surface area contributed by atoms with Gasteiger partial charge in [0.05, 0.1) is 5.41 Å². The molecular weight excluding hydrogens is 234 g/mol. The Morgan fingerprint density at radius 1 is 0.947 bits per heavy atom. The fourth-order valence-electron chi connectivity index (χ4n) is 2.79. The van der Waals surface area contributed by atoms with Crippen LogP contribution in [-0.4, -0.2) is 13.0 Å². The summed E-state index contributed by atoms with van der Waals surface area (Å²) in [5, 5.41) is 0. The van der Waals surface area contributed by atoms with Gasteiger partial charge in [-0.05, 0) is 36.6 Å². The minimum atomic E-state index is -0.417. The van der Waals surface area contributed by atoms with E-state index in [-0.39, 0.29) is 5.91 Å². The van der Waals surface area contributed by atoms with E-state index in [1.54, 1.807) is 4.90 Å². The molecule has 2 nitrogen and oxygen atoms in total. The van der Waals surface area contributed by atoms with Crippen molar-refractivity contribution >= 4 is 11.6 Å². The molecule has 0 saturated heterocycles. The van der Waals surface area contributed by atoms with E-state index in [2.05, 4.69) is 30.3 Å². The summed E-state index contributed by atoms with van der Waals surface area (Å²) in [5.74, 6) is 0.160. The van der Waals surface area contributed by atoms with Crippen LogP contribution in [0.1, 0.15) is 19.4 Å². The summed E-state index contributed by atoms with van der Waals surface area (Å²) in [7, 11) is 1.85. The van der Waals surface area contributed by atoms with Crippen molar-refractivity contribution < 1.29 is 4.79 Å². The monoisotopic (exact) mass is 251 g/mol. The van der Waals surface area contributed by atoms with Crippen LogP contribution >= 0.6 is 0 Å². The second kappa shape index (κ2) is 3.95. The first-order valence-corrected chi connectivity index (χ1v) is 6.50. The quantitative estimate of drug-likeness (QED) is 0.758. The number of amides is 1. The number of carbonyl (C=O) groups excluding carboxylic acids is 1. The van der Waals surface area contributed by atoms with Crippen molar-refractivity contribution in [1.29, 1.82) is 0 Å². The molecule has 0 spiro atoms. The van der Waals surface area contributed by atoms with Gasteiger partial charge < -0.3 is 4.90 Å². The first-order chi connectivity index (χ1) is 9.01. The minimum absolute atomic E-state index is 0.160. The lowest BCUT2D eigenvalue weighted by Crippen LogP contribution is -2.33. The van der Waals surface area contributed by atoms with Gasteiger partial charge in [0.2, 0.25) is 5.91 Å². The highest BCUT2D eigenvalue weighted by Crippen LogP contribution is 2.42. The van der Waals surface area contributed by atoms with Gasteiger partial charge in [0, 0.05) is 12.7 Å². The Morgan fingerprint density at radius 3 is 2.32 bits per heavy atom. The van der Waals surface area contributed by atoms with Crippen LogP contribution in [0, 0.1) is 0 Å². The molecule has 0 bridgehead atoms. The number of fused-ring (bicyclic) bond motifs is 1. The fraction of sp³-hybridized carbons (Fsp3) is 0.235. The summed E-state index contributed by atoms with van der Waals surface area (Å²) >= 11 is 0. The molecule has 0 atom stereocenters. The lowest BCUT2D eigenvalue weighted by atomic mass is 9.85. The van der Waals surface area contributed by atoms with Crippen LogP contribution in [0.25, 0.3) is 11.1 Å². The summed E-state index contributed by atoms with van der Waals surface area (Å²) in [4.78, 5) is 14.0. The molecule has 96 valence electrons. The van der Waals surface area contributed by atoms with Crippen LogP contribution < -0.4 is 4.90 Å². The van der Waals surface area contributed by atoms with Crippen molar-refractivity contribution in [2.45, 2.75) is 19.3 Å². The van der Waals surface area contributed by atoms with Crippen LogP contribution in [0.3, 0.4) is 0 Å². The Kier molecular flexibility index (Phi) is 2.49. The lowest BCUT2D eigenvalue weighted by molar-refractivity contribution is -0.121. The predicted octanol–water partition coefficient (Wildman–Crippen LogP) is 3.61. The zero-order valence-corrected chi connectivity index (χ0v) is 11.5. The Balaban J connectivity index is 2.15. The largest absolute Gasteiger partial charge is 0.314 e. The molecule has 1 amide bonds.